The molecule has 0 heterocycles. The summed E-state index contributed by atoms with van der Waals surface area (Å²) in [6.45, 7) is 3.16. The molecular weight excluding hydrogens is 310 g/mol. The van der Waals surface area contributed by atoms with Crippen LogP contribution in [-0.2, 0) is 20.8 Å². The molecule has 0 aliphatic heterocycles. The molecule has 24 heavy (non-hydrogen) atoms. The van der Waals surface area contributed by atoms with Gasteiger partial charge >= 0.3 is 5.97 Å². The van der Waals surface area contributed by atoms with E-state index < -0.39 is 11.4 Å². The molecule has 0 aliphatic carbocycles. The fourth-order valence-corrected chi connectivity index (χ4v) is 2.05. The molecule has 2 amide bonds. The van der Waals surface area contributed by atoms with E-state index in [0.29, 0.717) is 12.1 Å². The molecule has 132 valence electrons. The Morgan fingerprint density at radius 3 is 2.29 bits per heavy atom. The maximum atomic E-state index is 11.6. The van der Waals surface area contributed by atoms with Crippen molar-refractivity contribution in [2.24, 2.45) is 11.1 Å². The van der Waals surface area contributed by atoms with Gasteiger partial charge in [-0.2, -0.15) is 0 Å². The highest BCUT2D eigenvalue weighted by Gasteiger charge is 2.26. The van der Waals surface area contributed by atoms with Gasteiger partial charge in [-0.3, -0.25) is 14.4 Å². The molecule has 1 aromatic rings. The summed E-state index contributed by atoms with van der Waals surface area (Å²) in [6, 6.07) is 7.34. The molecule has 0 aromatic heterocycles. The Labute approximate surface area is 141 Å². The minimum Gasteiger partial charge on any atom is -0.481 e. The first-order valence-corrected chi connectivity index (χ1v) is 7.83. The van der Waals surface area contributed by atoms with Crippen molar-refractivity contribution < 1.29 is 19.5 Å². The molecule has 0 unspecified atom stereocenters. The van der Waals surface area contributed by atoms with Crippen LogP contribution >= 0.6 is 0 Å². The lowest BCUT2D eigenvalue weighted by atomic mass is 9.87. The van der Waals surface area contributed by atoms with Crippen LogP contribution in [0.2, 0.25) is 0 Å². The van der Waals surface area contributed by atoms with Gasteiger partial charge in [0.2, 0.25) is 11.8 Å². The maximum Gasteiger partial charge on any atom is 0.309 e. The minimum atomic E-state index is -0.790. The second-order valence-electron chi connectivity index (χ2n) is 6.27. The summed E-state index contributed by atoms with van der Waals surface area (Å²) in [5, 5.41) is 14.1. The Kier molecular flexibility index (Phi) is 7.38. The molecule has 0 aliphatic rings. The van der Waals surface area contributed by atoms with E-state index in [-0.39, 0.29) is 24.9 Å². The van der Waals surface area contributed by atoms with Gasteiger partial charge in [0.25, 0.3) is 0 Å². The van der Waals surface area contributed by atoms with Gasteiger partial charge in [0.15, 0.2) is 0 Å². The van der Waals surface area contributed by atoms with Crippen LogP contribution in [0.5, 0.6) is 0 Å². The monoisotopic (exact) mass is 335 g/mol. The number of anilines is 1. The fraction of sp³-hybridized carbons (Fsp3) is 0.471. The van der Waals surface area contributed by atoms with Crippen molar-refractivity contribution in [3.63, 3.8) is 0 Å². The number of hydrogen-bond donors (Lipinski definition) is 4. The van der Waals surface area contributed by atoms with Crippen molar-refractivity contribution in [1.29, 1.82) is 0 Å². The molecular formula is C17H25N3O4. The summed E-state index contributed by atoms with van der Waals surface area (Å²) in [5.74, 6) is -1.50. The number of rotatable bonds is 9. The van der Waals surface area contributed by atoms with Crippen LogP contribution in [0.1, 0.15) is 32.3 Å². The first kappa shape index (κ1) is 19.6. The van der Waals surface area contributed by atoms with Crippen molar-refractivity contribution >= 4 is 23.5 Å². The SMILES string of the molecule is CC(C)(CCCc1ccc(NC(=O)CNC(=O)CN)cc1)C(=O)O. The summed E-state index contributed by atoms with van der Waals surface area (Å²) in [7, 11) is 0. The third kappa shape index (κ3) is 6.78. The maximum absolute atomic E-state index is 11.6. The molecule has 0 atom stereocenters. The summed E-state index contributed by atoms with van der Waals surface area (Å²) in [5.41, 5.74) is 6.12. The van der Waals surface area contributed by atoms with Gasteiger partial charge in [-0.05, 0) is 50.8 Å². The predicted octanol–water partition coefficient (Wildman–Crippen LogP) is 1.13. The van der Waals surface area contributed by atoms with E-state index in [1.54, 1.807) is 26.0 Å². The second kappa shape index (κ2) is 9.02. The van der Waals surface area contributed by atoms with Crippen LogP contribution in [0.4, 0.5) is 5.69 Å². The molecule has 0 saturated heterocycles. The van der Waals surface area contributed by atoms with Crippen molar-refractivity contribution in [2.45, 2.75) is 33.1 Å². The number of carboxylic acids is 1. The van der Waals surface area contributed by atoms with Gasteiger partial charge in [-0.15, -0.1) is 0 Å². The molecule has 0 bridgehead atoms. The highest BCUT2D eigenvalue weighted by Crippen LogP contribution is 2.23. The number of aliphatic carboxylic acids is 1. The van der Waals surface area contributed by atoms with Gasteiger partial charge in [-0.25, -0.2) is 0 Å². The average Bonchev–Trinajstić information content (AvgIpc) is 2.54. The third-order valence-electron chi connectivity index (χ3n) is 3.72. The first-order valence-electron chi connectivity index (χ1n) is 7.83. The number of benzene rings is 1. The molecule has 7 nitrogen and oxygen atoms in total. The number of carbonyl (C=O) groups is 3. The first-order chi connectivity index (χ1) is 11.2. The predicted molar refractivity (Wildman–Crippen MR) is 91.5 cm³/mol. The van der Waals surface area contributed by atoms with Gasteiger partial charge in [-0.1, -0.05) is 12.1 Å². The van der Waals surface area contributed by atoms with Crippen molar-refractivity contribution in [2.75, 3.05) is 18.4 Å². The number of nitrogens with one attached hydrogen (secondary N) is 2. The topological polar surface area (TPSA) is 122 Å². The Balaban J connectivity index is 2.41. The number of hydrogen-bond acceptors (Lipinski definition) is 4. The molecule has 0 spiro atoms. The second-order valence-corrected chi connectivity index (χ2v) is 6.27. The molecule has 0 saturated carbocycles. The summed E-state index contributed by atoms with van der Waals surface area (Å²) in [6.07, 6.45) is 2.15. The Bertz CT molecular complexity index is 582. The van der Waals surface area contributed by atoms with Gasteiger partial charge in [0, 0.05) is 5.69 Å². The Morgan fingerprint density at radius 1 is 1.12 bits per heavy atom. The lowest BCUT2D eigenvalue weighted by molar-refractivity contribution is -0.147. The lowest BCUT2D eigenvalue weighted by Gasteiger charge is -2.18. The number of aryl methyl sites for hydroxylation is 1. The zero-order valence-corrected chi connectivity index (χ0v) is 14.1. The van der Waals surface area contributed by atoms with Crippen molar-refractivity contribution in [1.82, 2.24) is 5.32 Å². The number of amides is 2. The number of nitrogens with two attached hydrogens (primary N) is 1. The van der Waals surface area contributed by atoms with Crippen LogP contribution in [0.3, 0.4) is 0 Å². The van der Waals surface area contributed by atoms with E-state index >= 15 is 0 Å². The van der Waals surface area contributed by atoms with Crippen molar-refractivity contribution in [3.8, 4) is 0 Å². The van der Waals surface area contributed by atoms with Gasteiger partial charge < -0.3 is 21.5 Å². The standard InChI is InChI=1S/C17H25N3O4/c1-17(2,16(23)24)9-3-4-12-5-7-13(8-6-12)20-15(22)11-19-14(21)10-18/h5-8H,3-4,9-11,18H2,1-2H3,(H,19,21)(H,20,22)(H,23,24). The lowest BCUT2D eigenvalue weighted by Crippen LogP contribution is -2.36. The molecule has 0 fully saturated rings. The van der Waals surface area contributed by atoms with Crippen LogP contribution in [0.25, 0.3) is 0 Å². The molecule has 7 heteroatoms. The zero-order valence-electron chi connectivity index (χ0n) is 14.1. The third-order valence-corrected chi connectivity index (χ3v) is 3.72. The van der Waals surface area contributed by atoms with E-state index in [9.17, 15) is 14.4 Å². The normalized spacial score (nSPS) is 11.0. The van der Waals surface area contributed by atoms with Gasteiger partial charge in [0.1, 0.15) is 0 Å². The van der Waals surface area contributed by atoms with E-state index in [1.165, 1.54) is 0 Å². The summed E-state index contributed by atoms with van der Waals surface area (Å²) in [4.78, 5) is 33.7. The highest BCUT2D eigenvalue weighted by molar-refractivity contribution is 5.94. The van der Waals surface area contributed by atoms with Crippen LogP contribution in [-0.4, -0.2) is 36.0 Å². The number of carboxylic acid groups (broad SMARTS) is 1. The largest absolute Gasteiger partial charge is 0.481 e. The number of carbonyl (C=O) groups excluding carboxylic acids is 2. The fourth-order valence-electron chi connectivity index (χ4n) is 2.05. The van der Waals surface area contributed by atoms with E-state index in [4.69, 9.17) is 10.8 Å². The molecule has 1 rings (SSSR count). The minimum absolute atomic E-state index is 0.123. The van der Waals surface area contributed by atoms with Crippen LogP contribution < -0.4 is 16.4 Å². The Hall–Kier alpha value is -2.41. The average molecular weight is 335 g/mol. The Morgan fingerprint density at radius 2 is 1.75 bits per heavy atom. The quantitative estimate of drug-likeness (QED) is 0.539. The van der Waals surface area contributed by atoms with E-state index in [2.05, 4.69) is 10.6 Å². The summed E-state index contributed by atoms with van der Waals surface area (Å²) < 4.78 is 0. The molecule has 0 radical (unpaired) electrons. The van der Waals surface area contributed by atoms with E-state index in [0.717, 1.165) is 18.4 Å². The summed E-state index contributed by atoms with van der Waals surface area (Å²) >= 11 is 0. The highest BCUT2D eigenvalue weighted by atomic mass is 16.4. The van der Waals surface area contributed by atoms with Crippen LogP contribution in [0.15, 0.2) is 24.3 Å². The van der Waals surface area contributed by atoms with E-state index in [1.807, 2.05) is 12.1 Å². The van der Waals surface area contributed by atoms with Gasteiger partial charge in [0.05, 0.1) is 18.5 Å². The smallest absolute Gasteiger partial charge is 0.309 e. The molecule has 1 aromatic carbocycles. The zero-order chi connectivity index (χ0) is 18.2. The van der Waals surface area contributed by atoms with Crippen LogP contribution in [0, 0.1) is 5.41 Å². The molecule has 5 N–H and O–H groups in total. The van der Waals surface area contributed by atoms with Crippen molar-refractivity contribution in [3.05, 3.63) is 29.8 Å².